The molecule has 106 valence electrons. The molecule has 1 aromatic carbocycles. The number of rotatable bonds is 4. The van der Waals surface area contributed by atoms with Crippen LogP contribution in [-0.4, -0.2) is 35.1 Å². The molecule has 3 rings (SSSR count). The first-order valence-corrected chi connectivity index (χ1v) is 7.52. The van der Waals surface area contributed by atoms with Crippen LogP contribution in [0.3, 0.4) is 0 Å². The van der Waals surface area contributed by atoms with Gasteiger partial charge in [-0.05, 0) is 23.6 Å². The molecule has 2 heterocycles. The van der Waals surface area contributed by atoms with Crippen LogP contribution >= 0.6 is 11.3 Å². The lowest BCUT2D eigenvalue weighted by Crippen LogP contribution is -2.01. The number of hydrogen-bond acceptors (Lipinski definition) is 4. The van der Waals surface area contributed by atoms with Crippen LogP contribution in [-0.2, 0) is 0 Å². The molecule has 0 amide bonds. The lowest BCUT2D eigenvalue weighted by molar-refractivity contribution is 0.440. The van der Waals surface area contributed by atoms with Crippen molar-refractivity contribution in [3.63, 3.8) is 0 Å². The maximum absolute atomic E-state index is 4.72. The molecular weight excluding hydrogens is 280 g/mol. The van der Waals surface area contributed by atoms with E-state index in [-0.39, 0.29) is 0 Å². The summed E-state index contributed by atoms with van der Waals surface area (Å²) in [5, 5.41) is 12.9. The molecule has 0 fully saturated rings. The summed E-state index contributed by atoms with van der Waals surface area (Å²) in [4.78, 5) is 1.14. The topological polar surface area (TPSA) is 33.4 Å². The van der Waals surface area contributed by atoms with Crippen molar-refractivity contribution in [3.8, 4) is 16.3 Å². The molecule has 3 aromatic rings. The predicted octanol–water partition coefficient (Wildman–Crippen LogP) is 3.50. The molecule has 4 nitrogen and oxygen atoms in total. The zero-order chi connectivity index (χ0) is 14.7. The minimum Gasteiger partial charge on any atom is -0.303 e. The second kappa shape index (κ2) is 5.93. The van der Waals surface area contributed by atoms with E-state index >= 15 is 0 Å². The van der Waals surface area contributed by atoms with E-state index in [1.54, 1.807) is 16.3 Å². The first kappa shape index (κ1) is 13.6. The molecule has 0 saturated heterocycles. The van der Waals surface area contributed by atoms with E-state index < -0.39 is 0 Å². The highest BCUT2D eigenvalue weighted by Crippen LogP contribution is 2.26. The van der Waals surface area contributed by atoms with Gasteiger partial charge in [0.2, 0.25) is 0 Å². The van der Waals surface area contributed by atoms with Gasteiger partial charge >= 0.3 is 0 Å². The molecule has 0 radical (unpaired) electrons. The van der Waals surface area contributed by atoms with E-state index in [0.29, 0.717) is 0 Å². The Bertz CT molecular complexity index is 727. The lowest BCUT2D eigenvalue weighted by atomic mass is 10.2. The van der Waals surface area contributed by atoms with E-state index in [2.05, 4.69) is 16.5 Å². The molecule has 5 heteroatoms. The molecule has 0 atom stereocenters. The Balaban J connectivity index is 2.07. The average molecular weight is 296 g/mol. The Morgan fingerprint density at radius 2 is 1.95 bits per heavy atom. The van der Waals surface area contributed by atoms with Crippen molar-refractivity contribution in [2.75, 3.05) is 14.1 Å². The van der Waals surface area contributed by atoms with Crippen LogP contribution in [0.2, 0.25) is 0 Å². The Morgan fingerprint density at radius 1 is 1.14 bits per heavy atom. The summed E-state index contributed by atoms with van der Waals surface area (Å²) >= 11 is 1.68. The number of aromatic nitrogens is 2. The minimum absolute atomic E-state index is 0.958. The van der Waals surface area contributed by atoms with Crippen LogP contribution in [0.15, 0.2) is 59.1 Å². The Hall–Kier alpha value is -2.40. The van der Waals surface area contributed by atoms with Crippen molar-refractivity contribution in [1.29, 1.82) is 0 Å². The number of benzene rings is 1. The fraction of sp³-hybridized carbons (Fsp3) is 0.125. The van der Waals surface area contributed by atoms with Gasteiger partial charge in [-0.2, -0.15) is 10.2 Å². The molecule has 0 aliphatic carbocycles. The van der Waals surface area contributed by atoms with Gasteiger partial charge in [-0.15, -0.1) is 11.3 Å². The van der Waals surface area contributed by atoms with Crippen LogP contribution in [0.25, 0.3) is 16.3 Å². The zero-order valence-corrected chi connectivity index (χ0v) is 12.8. The largest absolute Gasteiger partial charge is 0.303 e. The van der Waals surface area contributed by atoms with Crippen molar-refractivity contribution in [3.05, 3.63) is 59.6 Å². The fourth-order valence-corrected chi connectivity index (χ4v) is 2.71. The van der Waals surface area contributed by atoms with Gasteiger partial charge < -0.3 is 5.01 Å². The third-order valence-electron chi connectivity index (χ3n) is 2.95. The highest BCUT2D eigenvalue weighted by atomic mass is 32.1. The van der Waals surface area contributed by atoms with Crippen LogP contribution in [0.4, 0.5) is 0 Å². The summed E-state index contributed by atoms with van der Waals surface area (Å²) < 4.78 is 1.89. The maximum Gasteiger partial charge on any atom is 0.112 e. The third-order valence-corrected chi connectivity index (χ3v) is 3.82. The number of thiophene rings is 1. The molecule has 0 bridgehead atoms. The number of nitrogens with zero attached hydrogens (tertiary/aromatic N) is 4. The molecule has 0 aliphatic rings. The first-order valence-electron chi connectivity index (χ1n) is 6.64. The monoisotopic (exact) mass is 296 g/mol. The van der Waals surface area contributed by atoms with Crippen LogP contribution in [0.5, 0.6) is 0 Å². The molecule has 0 saturated carbocycles. The van der Waals surface area contributed by atoms with Gasteiger partial charge in [-0.25, -0.2) is 4.68 Å². The van der Waals surface area contributed by atoms with Gasteiger partial charge in [-0.1, -0.05) is 24.3 Å². The van der Waals surface area contributed by atoms with Crippen LogP contribution in [0, 0.1) is 0 Å². The Kier molecular flexibility index (Phi) is 3.83. The molecule has 2 aromatic heterocycles. The van der Waals surface area contributed by atoms with Crippen LogP contribution < -0.4 is 0 Å². The van der Waals surface area contributed by atoms with Crippen molar-refractivity contribution in [1.82, 2.24) is 14.8 Å². The van der Waals surface area contributed by atoms with Gasteiger partial charge in [0.05, 0.1) is 16.8 Å². The van der Waals surface area contributed by atoms with Gasteiger partial charge in [0, 0.05) is 25.9 Å². The van der Waals surface area contributed by atoms with Gasteiger partial charge in [-0.3, -0.25) is 0 Å². The Morgan fingerprint density at radius 3 is 2.62 bits per heavy atom. The van der Waals surface area contributed by atoms with E-state index in [1.165, 1.54) is 0 Å². The summed E-state index contributed by atoms with van der Waals surface area (Å²) in [5.74, 6) is 0. The zero-order valence-electron chi connectivity index (χ0n) is 12.0. The molecule has 0 unspecified atom stereocenters. The van der Waals surface area contributed by atoms with Crippen LogP contribution in [0.1, 0.15) is 5.56 Å². The van der Waals surface area contributed by atoms with Crippen molar-refractivity contribution < 1.29 is 0 Å². The quantitative estimate of drug-likeness (QED) is 0.545. The van der Waals surface area contributed by atoms with Crippen molar-refractivity contribution >= 4 is 17.6 Å². The first-order chi connectivity index (χ1) is 10.2. The predicted molar refractivity (Wildman–Crippen MR) is 88.2 cm³/mol. The summed E-state index contributed by atoms with van der Waals surface area (Å²) in [5.41, 5.74) is 3.01. The molecule has 0 spiro atoms. The fourth-order valence-electron chi connectivity index (χ4n) is 1.98. The van der Waals surface area contributed by atoms with Gasteiger partial charge in [0.15, 0.2) is 0 Å². The smallest absolute Gasteiger partial charge is 0.112 e. The highest BCUT2D eigenvalue weighted by molar-refractivity contribution is 7.13. The molecule has 0 aliphatic heterocycles. The van der Waals surface area contributed by atoms with E-state index in [1.807, 2.05) is 67.6 Å². The lowest BCUT2D eigenvalue weighted by Gasteiger charge is -2.01. The third kappa shape index (κ3) is 3.03. The van der Waals surface area contributed by atoms with Crippen molar-refractivity contribution in [2.24, 2.45) is 5.10 Å². The van der Waals surface area contributed by atoms with Gasteiger partial charge in [0.1, 0.15) is 5.69 Å². The number of hydrazone groups is 1. The van der Waals surface area contributed by atoms with Crippen molar-refractivity contribution in [2.45, 2.75) is 0 Å². The molecule has 21 heavy (non-hydrogen) atoms. The molecule has 0 N–H and O–H groups in total. The highest BCUT2D eigenvalue weighted by Gasteiger charge is 2.11. The van der Waals surface area contributed by atoms with E-state index in [4.69, 9.17) is 5.10 Å². The second-order valence-electron chi connectivity index (χ2n) is 4.78. The summed E-state index contributed by atoms with van der Waals surface area (Å²) in [7, 11) is 3.81. The van der Waals surface area contributed by atoms with E-state index in [9.17, 15) is 0 Å². The summed E-state index contributed by atoms with van der Waals surface area (Å²) in [6.07, 6.45) is 3.86. The SMILES string of the molecule is CN(C)/N=C\c1cn(-c2ccccc2)nc1-c1cccs1. The second-order valence-corrected chi connectivity index (χ2v) is 5.73. The standard InChI is InChI=1S/C16H16N4S/c1-19(2)17-11-13-12-20(14-7-4-3-5-8-14)18-16(13)15-9-6-10-21-15/h3-12H,1-2H3/b17-11-. The number of hydrogen-bond donors (Lipinski definition) is 0. The summed E-state index contributed by atoms with van der Waals surface area (Å²) in [6, 6.07) is 14.2. The summed E-state index contributed by atoms with van der Waals surface area (Å²) in [6.45, 7) is 0. The van der Waals surface area contributed by atoms with Gasteiger partial charge in [0.25, 0.3) is 0 Å². The Labute approximate surface area is 128 Å². The number of para-hydroxylation sites is 1. The maximum atomic E-state index is 4.72. The molecular formula is C16H16N4S. The minimum atomic E-state index is 0.958. The average Bonchev–Trinajstić information content (AvgIpc) is 3.15. The van der Waals surface area contributed by atoms with E-state index in [0.717, 1.165) is 21.8 Å². The normalized spacial score (nSPS) is 11.1.